The van der Waals surface area contributed by atoms with Crippen molar-refractivity contribution in [3.05, 3.63) is 18.1 Å². The first-order valence-electron chi connectivity index (χ1n) is 9.00. The van der Waals surface area contributed by atoms with Crippen LogP contribution in [0.15, 0.2) is 12.4 Å². The lowest BCUT2D eigenvalue weighted by atomic mass is 9.94. The molecule has 0 aromatic carbocycles. The molecule has 138 valence electrons. The van der Waals surface area contributed by atoms with Crippen LogP contribution in [0.2, 0.25) is 0 Å². The number of rotatable bonds is 3. The molecule has 0 radical (unpaired) electrons. The second-order valence-corrected chi connectivity index (χ2v) is 6.77. The summed E-state index contributed by atoms with van der Waals surface area (Å²) in [4.78, 5) is 35.9. The Hall–Kier alpha value is -2.69. The molecule has 0 aliphatic carbocycles. The SMILES string of the molecule is CC(=O)N1CCC(C(=O)N2CCC[C@H](Oc3nccnc3C#N)C2)CC1. The van der Waals surface area contributed by atoms with Crippen LogP contribution in [0, 0.1) is 17.2 Å². The molecule has 0 saturated carbocycles. The van der Waals surface area contributed by atoms with Crippen LogP contribution in [0.25, 0.3) is 0 Å². The number of carbonyl (C=O) groups excluding carboxylic acids is 2. The number of likely N-dealkylation sites (tertiary alicyclic amines) is 2. The van der Waals surface area contributed by atoms with E-state index in [-0.39, 0.29) is 35.4 Å². The number of hydrogen-bond donors (Lipinski definition) is 0. The molecule has 2 fully saturated rings. The highest BCUT2D eigenvalue weighted by molar-refractivity contribution is 5.80. The molecule has 2 amide bonds. The summed E-state index contributed by atoms with van der Waals surface area (Å²) >= 11 is 0. The average Bonchev–Trinajstić information content (AvgIpc) is 2.68. The normalized spacial score (nSPS) is 21.2. The van der Waals surface area contributed by atoms with E-state index in [0.717, 1.165) is 19.4 Å². The molecule has 26 heavy (non-hydrogen) atoms. The van der Waals surface area contributed by atoms with Crippen LogP contribution in [0.4, 0.5) is 0 Å². The maximum Gasteiger partial charge on any atom is 0.251 e. The van der Waals surface area contributed by atoms with E-state index in [1.807, 2.05) is 11.0 Å². The maximum absolute atomic E-state index is 12.8. The largest absolute Gasteiger partial charge is 0.470 e. The van der Waals surface area contributed by atoms with Gasteiger partial charge in [-0.2, -0.15) is 5.26 Å². The van der Waals surface area contributed by atoms with Crippen LogP contribution in [0.5, 0.6) is 5.88 Å². The lowest BCUT2D eigenvalue weighted by Crippen LogP contribution is -2.49. The second kappa shape index (κ2) is 8.13. The fourth-order valence-electron chi connectivity index (χ4n) is 3.58. The minimum atomic E-state index is -0.186. The first-order valence-corrected chi connectivity index (χ1v) is 9.00. The molecule has 0 N–H and O–H groups in total. The molecule has 8 heteroatoms. The van der Waals surface area contributed by atoms with Gasteiger partial charge < -0.3 is 14.5 Å². The van der Waals surface area contributed by atoms with Crippen LogP contribution >= 0.6 is 0 Å². The Morgan fingerprint density at radius 2 is 1.88 bits per heavy atom. The molecule has 0 spiro atoms. The molecule has 2 saturated heterocycles. The van der Waals surface area contributed by atoms with Gasteiger partial charge in [0.05, 0.1) is 6.54 Å². The molecule has 0 unspecified atom stereocenters. The molecule has 2 aliphatic rings. The van der Waals surface area contributed by atoms with Crippen molar-refractivity contribution in [2.75, 3.05) is 26.2 Å². The van der Waals surface area contributed by atoms with E-state index in [2.05, 4.69) is 9.97 Å². The number of hydrogen-bond acceptors (Lipinski definition) is 6. The van der Waals surface area contributed by atoms with Crippen LogP contribution in [0.3, 0.4) is 0 Å². The monoisotopic (exact) mass is 357 g/mol. The van der Waals surface area contributed by atoms with Crippen molar-refractivity contribution >= 4 is 11.8 Å². The standard InChI is InChI=1S/C18H23N5O3/c1-13(24)22-9-4-14(5-10-22)18(25)23-8-2-3-15(12-23)26-17-16(11-19)20-6-7-21-17/h6-7,14-15H,2-5,8-10,12H2,1H3/t15-/m0/s1. The van der Waals surface area contributed by atoms with Crippen molar-refractivity contribution in [3.63, 3.8) is 0 Å². The van der Waals surface area contributed by atoms with Gasteiger partial charge in [0.2, 0.25) is 17.5 Å². The zero-order valence-corrected chi connectivity index (χ0v) is 14.9. The van der Waals surface area contributed by atoms with Crippen molar-refractivity contribution in [3.8, 4) is 11.9 Å². The van der Waals surface area contributed by atoms with Gasteiger partial charge in [-0.25, -0.2) is 9.97 Å². The first kappa shape index (κ1) is 18.1. The minimum Gasteiger partial charge on any atom is -0.470 e. The number of carbonyl (C=O) groups is 2. The topological polar surface area (TPSA) is 99.4 Å². The third kappa shape index (κ3) is 4.10. The predicted octanol–water partition coefficient (Wildman–Crippen LogP) is 0.977. The number of nitriles is 1. The molecule has 1 atom stereocenters. The Balaban J connectivity index is 1.57. The lowest BCUT2D eigenvalue weighted by Gasteiger charge is -2.37. The van der Waals surface area contributed by atoms with E-state index in [1.54, 1.807) is 11.8 Å². The smallest absolute Gasteiger partial charge is 0.251 e. The van der Waals surface area contributed by atoms with Gasteiger partial charge >= 0.3 is 0 Å². The molecule has 3 heterocycles. The van der Waals surface area contributed by atoms with E-state index in [1.165, 1.54) is 12.4 Å². The molecule has 0 bridgehead atoms. The van der Waals surface area contributed by atoms with Gasteiger partial charge in [-0.15, -0.1) is 0 Å². The molecular weight excluding hydrogens is 334 g/mol. The summed E-state index contributed by atoms with van der Waals surface area (Å²) in [5.41, 5.74) is 0.160. The third-order valence-corrected chi connectivity index (χ3v) is 5.03. The highest BCUT2D eigenvalue weighted by Crippen LogP contribution is 2.24. The summed E-state index contributed by atoms with van der Waals surface area (Å²) in [7, 11) is 0. The fraction of sp³-hybridized carbons (Fsp3) is 0.611. The number of aromatic nitrogens is 2. The molecule has 8 nitrogen and oxygen atoms in total. The molecule has 1 aromatic rings. The average molecular weight is 357 g/mol. The summed E-state index contributed by atoms with van der Waals surface area (Å²) in [6.45, 7) is 4.07. The van der Waals surface area contributed by atoms with Gasteiger partial charge in [-0.05, 0) is 25.7 Å². The van der Waals surface area contributed by atoms with E-state index < -0.39 is 0 Å². The van der Waals surface area contributed by atoms with Crippen molar-refractivity contribution in [2.45, 2.75) is 38.7 Å². The van der Waals surface area contributed by atoms with E-state index in [4.69, 9.17) is 10.00 Å². The van der Waals surface area contributed by atoms with Crippen molar-refractivity contribution in [2.24, 2.45) is 5.92 Å². The zero-order chi connectivity index (χ0) is 18.5. The number of ether oxygens (including phenoxy) is 1. The van der Waals surface area contributed by atoms with Gasteiger partial charge in [-0.3, -0.25) is 9.59 Å². The molecular formula is C18H23N5O3. The Labute approximate surface area is 152 Å². The van der Waals surface area contributed by atoms with E-state index >= 15 is 0 Å². The maximum atomic E-state index is 12.8. The van der Waals surface area contributed by atoms with Gasteiger partial charge in [0.1, 0.15) is 12.2 Å². The van der Waals surface area contributed by atoms with Crippen molar-refractivity contribution < 1.29 is 14.3 Å². The summed E-state index contributed by atoms with van der Waals surface area (Å²) in [6, 6.07) is 1.97. The minimum absolute atomic E-state index is 0.0319. The fourth-order valence-corrected chi connectivity index (χ4v) is 3.58. The predicted molar refractivity (Wildman–Crippen MR) is 92.0 cm³/mol. The van der Waals surface area contributed by atoms with Crippen LogP contribution in [-0.2, 0) is 9.59 Å². The highest BCUT2D eigenvalue weighted by Gasteiger charge is 2.32. The summed E-state index contributed by atoms with van der Waals surface area (Å²) in [6.07, 6.45) is 5.85. The van der Waals surface area contributed by atoms with Crippen LogP contribution < -0.4 is 4.74 Å². The Bertz CT molecular complexity index is 709. The van der Waals surface area contributed by atoms with E-state index in [0.29, 0.717) is 32.5 Å². The second-order valence-electron chi connectivity index (χ2n) is 6.77. The van der Waals surface area contributed by atoms with Crippen molar-refractivity contribution in [1.82, 2.24) is 19.8 Å². The van der Waals surface area contributed by atoms with Crippen LogP contribution in [0.1, 0.15) is 38.3 Å². The first-order chi connectivity index (χ1) is 12.6. The zero-order valence-electron chi connectivity index (χ0n) is 14.9. The van der Waals surface area contributed by atoms with Gasteiger partial charge in [0.15, 0.2) is 0 Å². The quantitative estimate of drug-likeness (QED) is 0.799. The molecule has 3 rings (SSSR count). The number of nitrogens with zero attached hydrogens (tertiary/aromatic N) is 5. The van der Waals surface area contributed by atoms with Gasteiger partial charge in [0.25, 0.3) is 5.88 Å². The lowest BCUT2D eigenvalue weighted by molar-refractivity contribution is -0.142. The summed E-state index contributed by atoms with van der Waals surface area (Å²) in [5, 5.41) is 9.09. The van der Waals surface area contributed by atoms with Crippen LogP contribution in [-0.4, -0.2) is 63.9 Å². The summed E-state index contributed by atoms with van der Waals surface area (Å²) in [5.74, 6) is 0.403. The van der Waals surface area contributed by atoms with E-state index in [9.17, 15) is 9.59 Å². The molecule has 1 aromatic heterocycles. The summed E-state index contributed by atoms with van der Waals surface area (Å²) < 4.78 is 5.85. The molecule has 2 aliphatic heterocycles. The Morgan fingerprint density at radius 3 is 2.58 bits per heavy atom. The van der Waals surface area contributed by atoms with Crippen molar-refractivity contribution in [1.29, 1.82) is 5.26 Å². The van der Waals surface area contributed by atoms with Gasteiger partial charge in [-0.1, -0.05) is 0 Å². The Morgan fingerprint density at radius 1 is 1.15 bits per heavy atom. The third-order valence-electron chi connectivity index (χ3n) is 5.03. The Kier molecular flexibility index (Phi) is 5.66. The highest BCUT2D eigenvalue weighted by atomic mass is 16.5. The van der Waals surface area contributed by atoms with Gasteiger partial charge in [0, 0.05) is 44.9 Å². The number of piperidine rings is 2. The number of amides is 2.